The normalized spacial score (nSPS) is 12.5. The number of nitrogens with one attached hydrogen (secondary N) is 1. The number of nitrogens with zero attached hydrogens (tertiary/aromatic N) is 1. The number of amides is 1. The van der Waals surface area contributed by atoms with Crippen molar-refractivity contribution in [1.29, 1.82) is 0 Å². The fourth-order valence-electron chi connectivity index (χ4n) is 3.13. The second kappa shape index (κ2) is 11.3. The highest BCUT2D eigenvalue weighted by molar-refractivity contribution is 9.10. The van der Waals surface area contributed by atoms with Gasteiger partial charge in [-0.2, -0.15) is 4.31 Å². The van der Waals surface area contributed by atoms with Crippen LogP contribution in [0.15, 0.2) is 80.6 Å². The van der Waals surface area contributed by atoms with Crippen LogP contribution >= 0.6 is 55.1 Å². The number of carbonyl (C=O) groups excluding carboxylic acids is 1. The second-order valence-electron chi connectivity index (χ2n) is 7.31. The number of halogens is 4. The molecule has 5 nitrogen and oxygen atoms in total. The summed E-state index contributed by atoms with van der Waals surface area (Å²) in [7, 11) is -3.99. The van der Waals surface area contributed by atoms with Gasteiger partial charge in [-0.1, -0.05) is 73.3 Å². The van der Waals surface area contributed by atoms with Crippen LogP contribution in [0.1, 0.15) is 24.1 Å². The van der Waals surface area contributed by atoms with Crippen molar-refractivity contribution in [2.24, 2.45) is 0 Å². The standard InChI is InChI=1S/C23H20Br2Cl2N2O3S/c1-15(16-3-2-4-19(25)11-16)28-23(30)14-29(13-17-5-8-20(26)12-22(17)27)33(31,32)21-9-6-18(24)7-10-21/h2-12,15H,13-14H2,1H3,(H,28,30). The van der Waals surface area contributed by atoms with Crippen molar-refractivity contribution in [1.82, 2.24) is 9.62 Å². The molecular formula is C23H20Br2Cl2N2O3S. The molecule has 0 bridgehead atoms. The van der Waals surface area contributed by atoms with E-state index in [2.05, 4.69) is 37.2 Å². The van der Waals surface area contributed by atoms with Gasteiger partial charge in [0.05, 0.1) is 17.5 Å². The summed E-state index contributed by atoms with van der Waals surface area (Å²) in [6.07, 6.45) is 0. The lowest BCUT2D eigenvalue weighted by atomic mass is 10.1. The van der Waals surface area contributed by atoms with E-state index in [0.29, 0.717) is 15.6 Å². The summed E-state index contributed by atoms with van der Waals surface area (Å²) < 4.78 is 29.6. The van der Waals surface area contributed by atoms with E-state index >= 15 is 0 Å². The lowest BCUT2D eigenvalue weighted by Gasteiger charge is -2.24. The van der Waals surface area contributed by atoms with E-state index < -0.39 is 15.9 Å². The van der Waals surface area contributed by atoms with Gasteiger partial charge in [-0.05, 0) is 66.6 Å². The molecule has 0 saturated carbocycles. The summed E-state index contributed by atoms with van der Waals surface area (Å²) in [6, 6.07) is 18.3. The fourth-order valence-corrected chi connectivity index (χ4v) is 5.65. The van der Waals surface area contributed by atoms with E-state index in [1.54, 1.807) is 24.3 Å². The maximum Gasteiger partial charge on any atom is 0.243 e. The molecule has 0 heterocycles. The van der Waals surface area contributed by atoms with Crippen LogP contribution in [0, 0.1) is 0 Å². The Bertz CT molecular complexity index is 1250. The zero-order valence-corrected chi connectivity index (χ0v) is 22.9. The Morgan fingerprint density at radius 1 is 1.00 bits per heavy atom. The molecule has 3 aromatic carbocycles. The number of sulfonamides is 1. The Morgan fingerprint density at radius 2 is 1.70 bits per heavy atom. The quantitative estimate of drug-likeness (QED) is 0.304. The molecule has 0 radical (unpaired) electrons. The summed E-state index contributed by atoms with van der Waals surface area (Å²) in [5.74, 6) is -0.437. The van der Waals surface area contributed by atoms with Crippen molar-refractivity contribution in [2.75, 3.05) is 6.54 Å². The third-order valence-corrected chi connectivity index (χ3v) is 8.27. The summed E-state index contributed by atoms with van der Waals surface area (Å²) in [4.78, 5) is 13.0. The Balaban J connectivity index is 1.87. The van der Waals surface area contributed by atoms with Crippen LogP contribution in [0.5, 0.6) is 0 Å². The first-order chi connectivity index (χ1) is 15.6. The van der Waals surface area contributed by atoms with Crippen LogP contribution in [0.3, 0.4) is 0 Å². The van der Waals surface area contributed by atoms with Gasteiger partial charge in [0.1, 0.15) is 0 Å². The average molecular weight is 635 g/mol. The topological polar surface area (TPSA) is 66.5 Å². The lowest BCUT2D eigenvalue weighted by molar-refractivity contribution is -0.122. The van der Waals surface area contributed by atoms with E-state index in [1.165, 1.54) is 18.2 Å². The Hall–Kier alpha value is -1.42. The molecule has 1 unspecified atom stereocenters. The highest BCUT2D eigenvalue weighted by atomic mass is 79.9. The van der Waals surface area contributed by atoms with Crippen molar-refractivity contribution in [2.45, 2.75) is 24.4 Å². The van der Waals surface area contributed by atoms with E-state index in [0.717, 1.165) is 18.8 Å². The van der Waals surface area contributed by atoms with Gasteiger partial charge in [0.2, 0.25) is 15.9 Å². The van der Waals surface area contributed by atoms with E-state index in [-0.39, 0.29) is 24.0 Å². The highest BCUT2D eigenvalue weighted by Crippen LogP contribution is 2.26. The van der Waals surface area contributed by atoms with Gasteiger partial charge in [0.15, 0.2) is 0 Å². The predicted molar refractivity (Wildman–Crippen MR) is 139 cm³/mol. The summed E-state index contributed by atoms with van der Waals surface area (Å²) in [5.41, 5.74) is 1.43. The number of benzene rings is 3. The third-order valence-electron chi connectivity index (χ3n) is 4.86. The highest BCUT2D eigenvalue weighted by Gasteiger charge is 2.28. The molecule has 33 heavy (non-hydrogen) atoms. The minimum absolute atomic E-state index is 0.0728. The van der Waals surface area contributed by atoms with Crippen molar-refractivity contribution in [3.05, 3.63) is 96.8 Å². The van der Waals surface area contributed by atoms with E-state index in [4.69, 9.17) is 23.2 Å². The molecule has 174 valence electrons. The van der Waals surface area contributed by atoms with Crippen molar-refractivity contribution < 1.29 is 13.2 Å². The van der Waals surface area contributed by atoms with Crippen LogP contribution in [0.2, 0.25) is 10.0 Å². The maximum absolute atomic E-state index is 13.4. The molecule has 0 aliphatic rings. The van der Waals surface area contributed by atoms with E-state index in [1.807, 2.05) is 31.2 Å². The molecule has 0 saturated heterocycles. The molecule has 0 spiro atoms. The molecule has 0 aromatic heterocycles. The minimum Gasteiger partial charge on any atom is -0.348 e. The fraction of sp³-hybridized carbons (Fsp3) is 0.174. The Labute approximate surface area is 220 Å². The van der Waals surface area contributed by atoms with Crippen molar-refractivity contribution >= 4 is 71.0 Å². The van der Waals surface area contributed by atoms with Crippen molar-refractivity contribution in [3.8, 4) is 0 Å². The predicted octanol–water partition coefficient (Wildman–Crippen LogP) is 6.59. The average Bonchev–Trinajstić information content (AvgIpc) is 2.75. The SMILES string of the molecule is CC(NC(=O)CN(Cc1ccc(Cl)cc1Cl)S(=O)(=O)c1ccc(Br)cc1)c1cccc(Br)c1. The van der Waals surface area contributed by atoms with Gasteiger partial charge >= 0.3 is 0 Å². The summed E-state index contributed by atoms with van der Waals surface area (Å²) in [6.45, 7) is 1.37. The maximum atomic E-state index is 13.4. The first-order valence-electron chi connectivity index (χ1n) is 9.81. The number of rotatable bonds is 8. The van der Waals surface area contributed by atoms with Gasteiger partial charge in [0, 0.05) is 25.5 Å². The van der Waals surface area contributed by atoms with Crippen molar-refractivity contribution in [3.63, 3.8) is 0 Å². The molecule has 1 atom stereocenters. The largest absolute Gasteiger partial charge is 0.348 e. The number of hydrogen-bond acceptors (Lipinski definition) is 3. The van der Waals surface area contributed by atoms with Crippen LogP contribution in [0.4, 0.5) is 0 Å². The monoisotopic (exact) mass is 632 g/mol. The summed E-state index contributed by atoms with van der Waals surface area (Å²) in [5, 5.41) is 3.63. The molecule has 3 aromatic rings. The second-order valence-corrected chi connectivity index (χ2v) is 11.9. The minimum atomic E-state index is -3.99. The Morgan fingerprint density at radius 3 is 2.33 bits per heavy atom. The molecular weight excluding hydrogens is 615 g/mol. The lowest BCUT2D eigenvalue weighted by Crippen LogP contribution is -2.41. The van der Waals surface area contributed by atoms with Gasteiger partial charge in [-0.25, -0.2) is 8.42 Å². The Kier molecular flexibility index (Phi) is 9.00. The third kappa shape index (κ3) is 7.04. The van der Waals surface area contributed by atoms with Gasteiger partial charge in [0.25, 0.3) is 0 Å². The number of hydrogen-bond donors (Lipinski definition) is 1. The number of carbonyl (C=O) groups is 1. The van der Waals surface area contributed by atoms with Gasteiger partial charge in [-0.3, -0.25) is 4.79 Å². The summed E-state index contributed by atoms with van der Waals surface area (Å²) >= 11 is 19.0. The molecule has 3 rings (SSSR count). The zero-order valence-electron chi connectivity index (χ0n) is 17.4. The molecule has 0 aliphatic heterocycles. The first-order valence-corrected chi connectivity index (χ1v) is 13.6. The van der Waals surface area contributed by atoms with Gasteiger partial charge in [-0.15, -0.1) is 0 Å². The first kappa shape index (κ1) is 26.2. The van der Waals surface area contributed by atoms with Crippen LogP contribution in [-0.4, -0.2) is 25.2 Å². The molecule has 1 N–H and O–H groups in total. The van der Waals surface area contributed by atoms with Crippen LogP contribution < -0.4 is 5.32 Å². The molecule has 10 heteroatoms. The molecule has 0 aliphatic carbocycles. The zero-order chi connectivity index (χ0) is 24.2. The van der Waals surface area contributed by atoms with Crippen LogP contribution in [-0.2, 0) is 21.4 Å². The molecule has 1 amide bonds. The van der Waals surface area contributed by atoms with E-state index in [9.17, 15) is 13.2 Å². The van der Waals surface area contributed by atoms with Crippen LogP contribution in [0.25, 0.3) is 0 Å². The van der Waals surface area contributed by atoms with Gasteiger partial charge < -0.3 is 5.32 Å². The molecule has 0 fully saturated rings. The smallest absolute Gasteiger partial charge is 0.243 e.